The second-order valence-corrected chi connectivity index (χ2v) is 4.90. The molecular formula is C15H11BrO. The first-order valence-corrected chi connectivity index (χ1v) is 6.41. The molecule has 0 aliphatic carbocycles. The number of rotatable bonds is 2. The molecule has 3 rings (SSSR count). The molecule has 0 aliphatic heterocycles. The van der Waals surface area contributed by atoms with E-state index in [1.165, 1.54) is 16.3 Å². The summed E-state index contributed by atoms with van der Waals surface area (Å²) >= 11 is 3.73. The molecule has 0 saturated heterocycles. The van der Waals surface area contributed by atoms with E-state index >= 15 is 0 Å². The molecule has 1 heterocycles. The fourth-order valence-electron chi connectivity index (χ4n) is 2.07. The first-order chi connectivity index (χ1) is 8.36. The highest BCUT2D eigenvalue weighted by Gasteiger charge is 2.13. The third kappa shape index (κ3) is 1.89. The maximum absolute atomic E-state index is 5.14. The Hall–Kier alpha value is -1.54. The van der Waals surface area contributed by atoms with E-state index in [2.05, 4.69) is 58.4 Å². The van der Waals surface area contributed by atoms with Gasteiger partial charge in [0.15, 0.2) is 0 Å². The van der Waals surface area contributed by atoms with Crippen molar-refractivity contribution in [2.24, 2.45) is 0 Å². The van der Waals surface area contributed by atoms with E-state index in [4.69, 9.17) is 4.42 Å². The molecule has 17 heavy (non-hydrogen) atoms. The van der Waals surface area contributed by atoms with Crippen molar-refractivity contribution in [3.05, 3.63) is 72.2 Å². The number of halogens is 1. The molecule has 0 amide bonds. The molecule has 0 bridgehead atoms. The molecule has 0 fully saturated rings. The minimum Gasteiger partial charge on any atom is -0.472 e. The molecule has 3 aromatic rings. The minimum absolute atomic E-state index is 0.173. The number of benzene rings is 2. The zero-order chi connectivity index (χ0) is 11.7. The minimum atomic E-state index is 0.173. The second kappa shape index (κ2) is 4.38. The molecule has 1 nitrogen and oxygen atoms in total. The summed E-state index contributed by atoms with van der Waals surface area (Å²) in [7, 11) is 0. The van der Waals surface area contributed by atoms with Crippen LogP contribution in [0, 0.1) is 0 Å². The van der Waals surface area contributed by atoms with Crippen molar-refractivity contribution in [1.29, 1.82) is 0 Å². The summed E-state index contributed by atoms with van der Waals surface area (Å²) in [5, 5.41) is 2.54. The van der Waals surface area contributed by atoms with Crippen molar-refractivity contribution in [3.63, 3.8) is 0 Å². The number of hydrogen-bond acceptors (Lipinski definition) is 1. The molecule has 2 heteroatoms. The Morgan fingerprint density at radius 3 is 2.59 bits per heavy atom. The largest absolute Gasteiger partial charge is 0.472 e. The zero-order valence-electron chi connectivity index (χ0n) is 9.14. The fraction of sp³-hybridized carbons (Fsp3) is 0.0667. The normalized spacial score (nSPS) is 12.8. The summed E-state index contributed by atoms with van der Waals surface area (Å²) in [6.45, 7) is 0. The van der Waals surface area contributed by atoms with Crippen LogP contribution in [-0.4, -0.2) is 0 Å². The first kappa shape index (κ1) is 10.6. The number of hydrogen-bond donors (Lipinski definition) is 0. The highest BCUT2D eigenvalue weighted by atomic mass is 79.9. The van der Waals surface area contributed by atoms with Gasteiger partial charge in [0.1, 0.15) is 0 Å². The van der Waals surface area contributed by atoms with Gasteiger partial charge in [0.25, 0.3) is 0 Å². The zero-order valence-corrected chi connectivity index (χ0v) is 10.7. The van der Waals surface area contributed by atoms with Crippen LogP contribution in [0.25, 0.3) is 10.8 Å². The lowest BCUT2D eigenvalue weighted by Gasteiger charge is -2.11. The number of fused-ring (bicyclic) bond motifs is 1. The molecule has 2 aromatic carbocycles. The van der Waals surface area contributed by atoms with Crippen LogP contribution in [0.2, 0.25) is 0 Å². The third-order valence-corrected chi connectivity index (χ3v) is 3.95. The highest BCUT2D eigenvalue weighted by molar-refractivity contribution is 9.09. The van der Waals surface area contributed by atoms with Gasteiger partial charge in [-0.25, -0.2) is 0 Å². The van der Waals surface area contributed by atoms with E-state index in [0.29, 0.717) is 0 Å². The van der Waals surface area contributed by atoms with Gasteiger partial charge in [0.05, 0.1) is 17.4 Å². The van der Waals surface area contributed by atoms with E-state index in [-0.39, 0.29) is 4.83 Å². The van der Waals surface area contributed by atoms with Gasteiger partial charge in [-0.2, -0.15) is 0 Å². The molecule has 84 valence electrons. The molecule has 0 N–H and O–H groups in total. The molecule has 0 aliphatic rings. The fourth-order valence-corrected chi connectivity index (χ4v) is 2.73. The van der Waals surface area contributed by atoms with Crippen LogP contribution in [0.1, 0.15) is 16.0 Å². The Balaban J connectivity index is 2.17. The average Bonchev–Trinajstić information content (AvgIpc) is 2.91. The van der Waals surface area contributed by atoms with Crippen LogP contribution in [0.15, 0.2) is 65.5 Å². The van der Waals surface area contributed by atoms with E-state index in [1.54, 1.807) is 12.5 Å². The van der Waals surface area contributed by atoms with E-state index < -0.39 is 0 Å². The van der Waals surface area contributed by atoms with E-state index in [1.807, 2.05) is 6.07 Å². The van der Waals surface area contributed by atoms with E-state index in [0.717, 1.165) is 5.56 Å². The molecule has 1 atom stereocenters. The molecule has 0 saturated carbocycles. The summed E-state index contributed by atoms with van der Waals surface area (Å²) in [4.78, 5) is 0.173. The first-order valence-electron chi connectivity index (χ1n) is 5.50. The average molecular weight is 287 g/mol. The molecule has 0 spiro atoms. The lowest BCUT2D eigenvalue weighted by atomic mass is 10.00. The Labute approximate surface area is 108 Å². The Morgan fingerprint density at radius 2 is 1.76 bits per heavy atom. The second-order valence-electron chi connectivity index (χ2n) is 3.99. The van der Waals surface area contributed by atoms with Crippen molar-refractivity contribution in [3.8, 4) is 0 Å². The molecular weight excluding hydrogens is 276 g/mol. The monoisotopic (exact) mass is 286 g/mol. The summed E-state index contributed by atoms with van der Waals surface area (Å²) in [5.41, 5.74) is 2.41. The van der Waals surface area contributed by atoms with Crippen LogP contribution in [-0.2, 0) is 0 Å². The summed E-state index contributed by atoms with van der Waals surface area (Å²) in [5.74, 6) is 0. The molecule has 0 radical (unpaired) electrons. The summed E-state index contributed by atoms with van der Waals surface area (Å²) in [6.07, 6.45) is 3.48. The van der Waals surface area contributed by atoms with Crippen molar-refractivity contribution < 1.29 is 4.42 Å². The van der Waals surface area contributed by atoms with Gasteiger partial charge in [-0.05, 0) is 22.4 Å². The number of furan rings is 1. The predicted molar refractivity (Wildman–Crippen MR) is 73.4 cm³/mol. The maximum atomic E-state index is 5.14. The van der Waals surface area contributed by atoms with Gasteiger partial charge in [-0.3, -0.25) is 0 Å². The maximum Gasteiger partial charge on any atom is 0.0949 e. The lowest BCUT2D eigenvalue weighted by molar-refractivity contribution is 0.564. The van der Waals surface area contributed by atoms with Crippen LogP contribution in [0.5, 0.6) is 0 Å². The van der Waals surface area contributed by atoms with Crippen molar-refractivity contribution in [2.45, 2.75) is 4.83 Å². The van der Waals surface area contributed by atoms with Gasteiger partial charge in [0.2, 0.25) is 0 Å². The molecule has 1 aromatic heterocycles. The van der Waals surface area contributed by atoms with E-state index in [9.17, 15) is 0 Å². The topological polar surface area (TPSA) is 13.1 Å². The predicted octanol–water partition coefficient (Wildman–Crippen LogP) is 4.92. The van der Waals surface area contributed by atoms with Gasteiger partial charge >= 0.3 is 0 Å². The Bertz CT molecular complexity index is 623. The molecule has 1 unspecified atom stereocenters. The Kier molecular flexibility index (Phi) is 2.73. The summed E-state index contributed by atoms with van der Waals surface area (Å²) < 4.78 is 5.14. The third-order valence-electron chi connectivity index (χ3n) is 2.93. The Morgan fingerprint density at radius 1 is 0.941 bits per heavy atom. The quantitative estimate of drug-likeness (QED) is 0.610. The van der Waals surface area contributed by atoms with Gasteiger partial charge in [-0.15, -0.1) is 0 Å². The van der Waals surface area contributed by atoms with Crippen LogP contribution < -0.4 is 0 Å². The SMILES string of the molecule is BrC(c1ccoc1)c1cccc2ccccc12. The van der Waals surface area contributed by atoms with Crippen LogP contribution in [0.3, 0.4) is 0 Å². The van der Waals surface area contributed by atoms with Crippen molar-refractivity contribution in [1.82, 2.24) is 0 Å². The van der Waals surface area contributed by atoms with Gasteiger partial charge < -0.3 is 4.42 Å². The van der Waals surface area contributed by atoms with Crippen molar-refractivity contribution >= 4 is 26.7 Å². The standard InChI is InChI=1S/C15H11BrO/c16-15(12-8-9-17-10-12)14-7-3-5-11-4-1-2-6-13(11)14/h1-10,15H. The van der Waals surface area contributed by atoms with Crippen molar-refractivity contribution in [2.75, 3.05) is 0 Å². The number of alkyl halides is 1. The highest BCUT2D eigenvalue weighted by Crippen LogP contribution is 2.35. The van der Waals surface area contributed by atoms with Crippen LogP contribution in [0.4, 0.5) is 0 Å². The van der Waals surface area contributed by atoms with Gasteiger partial charge in [-0.1, -0.05) is 58.4 Å². The summed E-state index contributed by atoms with van der Waals surface area (Å²) in [6, 6.07) is 16.8. The van der Waals surface area contributed by atoms with Crippen LogP contribution >= 0.6 is 15.9 Å². The lowest BCUT2D eigenvalue weighted by Crippen LogP contribution is -1.91. The smallest absolute Gasteiger partial charge is 0.0949 e. The van der Waals surface area contributed by atoms with Gasteiger partial charge in [0, 0.05) is 5.56 Å².